The van der Waals surface area contributed by atoms with Gasteiger partial charge in [-0.15, -0.1) is 0 Å². The van der Waals surface area contributed by atoms with Crippen molar-refractivity contribution in [2.24, 2.45) is 0 Å². The second kappa shape index (κ2) is 6.18. The molecule has 0 N–H and O–H groups in total. The van der Waals surface area contributed by atoms with Gasteiger partial charge in [-0.05, 0) is 25.3 Å². The van der Waals surface area contributed by atoms with Gasteiger partial charge in [-0.3, -0.25) is 4.79 Å². The van der Waals surface area contributed by atoms with Crippen LogP contribution < -0.4 is 0 Å². The molecule has 0 unspecified atom stereocenters. The lowest BCUT2D eigenvalue weighted by Gasteiger charge is -2.01. The van der Waals surface area contributed by atoms with Gasteiger partial charge in [0, 0.05) is 5.57 Å². The van der Waals surface area contributed by atoms with Crippen molar-refractivity contribution < 1.29 is 4.79 Å². The zero-order chi connectivity index (χ0) is 11.1. The van der Waals surface area contributed by atoms with Crippen molar-refractivity contribution >= 4 is 5.78 Å². The standard InChI is InChI=1S/C14H18O/c1-3-4-7-13-8-5-10-14(12(2)15)11-6-9-13/h5-6,8-11H,3-4,7H2,1-2H3/b8-5?,9-6?,10-5-,11-6?,13-8?,13-9?,14-10?,14-11+. The Balaban J connectivity index is 2.68. The Kier molecular flexibility index (Phi) is 4.82. The number of carbonyl (C=O) groups excluding carboxylic acids is 1. The van der Waals surface area contributed by atoms with E-state index in [1.807, 2.05) is 24.3 Å². The lowest BCUT2D eigenvalue weighted by molar-refractivity contribution is -0.113. The highest BCUT2D eigenvalue weighted by Crippen LogP contribution is 2.12. The van der Waals surface area contributed by atoms with E-state index < -0.39 is 0 Å². The maximum Gasteiger partial charge on any atom is 0.159 e. The Morgan fingerprint density at radius 2 is 1.93 bits per heavy atom. The molecule has 0 amide bonds. The van der Waals surface area contributed by atoms with E-state index in [0.29, 0.717) is 0 Å². The number of hydrogen-bond acceptors (Lipinski definition) is 1. The van der Waals surface area contributed by atoms with Crippen LogP contribution in [0.2, 0.25) is 0 Å². The average molecular weight is 202 g/mol. The monoisotopic (exact) mass is 202 g/mol. The fourth-order valence-corrected chi connectivity index (χ4v) is 1.44. The van der Waals surface area contributed by atoms with E-state index in [0.717, 1.165) is 12.0 Å². The van der Waals surface area contributed by atoms with E-state index >= 15 is 0 Å². The minimum Gasteiger partial charge on any atom is -0.295 e. The highest BCUT2D eigenvalue weighted by molar-refractivity contribution is 5.96. The van der Waals surface area contributed by atoms with Gasteiger partial charge in [-0.1, -0.05) is 49.8 Å². The number of Topliss-reactive ketones (excluding diaryl/α,β-unsaturated/α-hetero) is 1. The molecular formula is C14H18O. The predicted molar refractivity (Wildman–Crippen MR) is 64.7 cm³/mol. The van der Waals surface area contributed by atoms with E-state index in [4.69, 9.17) is 0 Å². The molecule has 0 radical (unpaired) electrons. The lowest BCUT2D eigenvalue weighted by Crippen LogP contribution is -1.93. The zero-order valence-corrected chi connectivity index (χ0v) is 9.49. The van der Waals surface area contributed by atoms with Crippen LogP contribution in [0.4, 0.5) is 0 Å². The Morgan fingerprint density at radius 1 is 1.20 bits per heavy atom. The van der Waals surface area contributed by atoms with Crippen LogP contribution >= 0.6 is 0 Å². The quantitative estimate of drug-likeness (QED) is 0.678. The fraction of sp³-hybridized carbons (Fsp3) is 0.357. The van der Waals surface area contributed by atoms with Crippen LogP contribution in [-0.2, 0) is 4.79 Å². The van der Waals surface area contributed by atoms with E-state index in [9.17, 15) is 4.79 Å². The number of unbranched alkanes of at least 4 members (excludes halogenated alkanes) is 1. The lowest BCUT2D eigenvalue weighted by atomic mass is 10.0. The van der Waals surface area contributed by atoms with Crippen molar-refractivity contribution in [2.45, 2.75) is 33.1 Å². The molecule has 15 heavy (non-hydrogen) atoms. The Hall–Kier alpha value is -1.37. The molecule has 1 aliphatic carbocycles. The molecule has 0 aliphatic heterocycles. The SMILES string of the molecule is CCCCC1=C/C=C\C(C(C)=O)=C/C=C1. The zero-order valence-electron chi connectivity index (χ0n) is 9.49. The van der Waals surface area contributed by atoms with Crippen molar-refractivity contribution in [3.05, 3.63) is 47.6 Å². The summed E-state index contributed by atoms with van der Waals surface area (Å²) < 4.78 is 0. The number of ketones is 1. The summed E-state index contributed by atoms with van der Waals surface area (Å²) >= 11 is 0. The summed E-state index contributed by atoms with van der Waals surface area (Å²) in [6.45, 7) is 3.78. The third-order valence-electron chi connectivity index (χ3n) is 2.40. The minimum atomic E-state index is 0.112. The van der Waals surface area contributed by atoms with Gasteiger partial charge in [0.15, 0.2) is 5.78 Å². The van der Waals surface area contributed by atoms with Crippen LogP contribution in [0.15, 0.2) is 47.6 Å². The van der Waals surface area contributed by atoms with Gasteiger partial charge in [-0.25, -0.2) is 0 Å². The summed E-state index contributed by atoms with van der Waals surface area (Å²) in [4.78, 5) is 11.1. The number of hydrogen-bond donors (Lipinski definition) is 0. The fourth-order valence-electron chi connectivity index (χ4n) is 1.44. The molecule has 0 aromatic rings. The number of allylic oxidation sites excluding steroid dienone is 8. The number of rotatable bonds is 4. The molecule has 1 heteroatoms. The smallest absolute Gasteiger partial charge is 0.159 e. The molecule has 1 rings (SSSR count). The maximum atomic E-state index is 11.1. The molecule has 80 valence electrons. The first-order chi connectivity index (χ1) is 7.24. The van der Waals surface area contributed by atoms with Crippen LogP contribution in [0.1, 0.15) is 33.1 Å². The van der Waals surface area contributed by atoms with Crippen molar-refractivity contribution in [1.82, 2.24) is 0 Å². The van der Waals surface area contributed by atoms with E-state index in [-0.39, 0.29) is 5.78 Å². The molecule has 0 saturated carbocycles. The third-order valence-corrected chi connectivity index (χ3v) is 2.40. The molecule has 0 bridgehead atoms. The molecule has 0 heterocycles. The van der Waals surface area contributed by atoms with Gasteiger partial charge in [0.1, 0.15) is 0 Å². The summed E-state index contributed by atoms with van der Waals surface area (Å²) in [5.41, 5.74) is 2.09. The molecule has 0 saturated heterocycles. The van der Waals surface area contributed by atoms with Gasteiger partial charge in [0.25, 0.3) is 0 Å². The van der Waals surface area contributed by atoms with E-state index in [1.54, 1.807) is 6.92 Å². The second-order valence-corrected chi connectivity index (χ2v) is 3.74. The van der Waals surface area contributed by atoms with Gasteiger partial charge in [0.05, 0.1) is 0 Å². The second-order valence-electron chi connectivity index (χ2n) is 3.74. The van der Waals surface area contributed by atoms with Crippen molar-refractivity contribution in [2.75, 3.05) is 0 Å². The summed E-state index contributed by atoms with van der Waals surface area (Å²) in [7, 11) is 0. The summed E-state index contributed by atoms with van der Waals surface area (Å²) in [6.07, 6.45) is 15.4. The van der Waals surface area contributed by atoms with Crippen LogP contribution in [0, 0.1) is 0 Å². The first-order valence-electron chi connectivity index (χ1n) is 5.50. The normalized spacial score (nSPS) is 20.9. The summed E-state index contributed by atoms with van der Waals surface area (Å²) in [6, 6.07) is 0. The third kappa shape index (κ3) is 4.11. The average Bonchev–Trinajstić information content (AvgIpc) is 2.15. The Bertz CT molecular complexity index is 340. The van der Waals surface area contributed by atoms with Crippen LogP contribution in [0.25, 0.3) is 0 Å². The molecule has 0 fully saturated rings. The molecule has 1 aliphatic rings. The van der Waals surface area contributed by atoms with Gasteiger partial charge < -0.3 is 0 Å². The molecule has 0 aromatic carbocycles. The first-order valence-corrected chi connectivity index (χ1v) is 5.50. The minimum absolute atomic E-state index is 0.112. The van der Waals surface area contributed by atoms with Crippen LogP contribution in [-0.4, -0.2) is 5.78 Å². The number of carbonyl (C=O) groups is 1. The van der Waals surface area contributed by atoms with Crippen LogP contribution in [0.5, 0.6) is 0 Å². The predicted octanol–water partition coefficient (Wildman–Crippen LogP) is 3.74. The van der Waals surface area contributed by atoms with Gasteiger partial charge >= 0.3 is 0 Å². The van der Waals surface area contributed by atoms with Gasteiger partial charge in [0.2, 0.25) is 0 Å². The van der Waals surface area contributed by atoms with E-state index in [2.05, 4.69) is 19.1 Å². The molecular weight excluding hydrogens is 184 g/mol. The molecule has 1 nitrogen and oxygen atoms in total. The highest BCUT2D eigenvalue weighted by atomic mass is 16.1. The topological polar surface area (TPSA) is 17.1 Å². The van der Waals surface area contributed by atoms with E-state index in [1.165, 1.54) is 18.4 Å². The largest absolute Gasteiger partial charge is 0.295 e. The Labute approximate surface area is 91.9 Å². The highest BCUT2D eigenvalue weighted by Gasteiger charge is 1.98. The molecule has 0 atom stereocenters. The first kappa shape index (κ1) is 11.7. The summed E-state index contributed by atoms with van der Waals surface area (Å²) in [5.74, 6) is 0.112. The molecule has 0 spiro atoms. The molecule has 0 aromatic heterocycles. The van der Waals surface area contributed by atoms with Crippen molar-refractivity contribution in [3.8, 4) is 0 Å². The Morgan fingerprint density at radius 3 is 2.60 bits per heavy atom. The van der Waals surface area contributed by atoms with Crippen molar-refractivity contribution in [1.29, 1.82) is 0 Å². The van der Waals surface area contributed by atoms with Crippen molar-refractivity contribution in [3.63, 3.8) is 0 Å². The van der Waals surface area contributed by atoms with Crippen LogP contribution in [0.3, 0.4) is 0 Å². The van der Waals surface area contributed by atoms with Gasteiger partial charge in [-0.2, -0.15) is 0 Å². The summed E-state index contributed by atoms with van der Waals surface area (Å²) in [5, 5.41) is 0. The maximum absolute atomic E-state index is 11.1.